The van der Waals surface area contributed by atoms with Crippen molar-refractivity contribution in [1.29, 1.82) is 0 Å². The maximum Gasteiger partial charge on any atom is 0.0720 e. The molecule has 1 aliphatic rings. The third-order valence-corrected chi connectivity index (χ3v) is 3.16. The first kappa shape index (κ1) is 11.6. The Morgan fingerprint density at radius 3 is 2.75 bits per heavy atom. The van der Waals surface area contributed by atoms with E-state index in [0.29, 0.717) is 6.10 Å². The minimum atomic E-state index is 0.507. The van der Waals surface area contributed by atoms with Crippen molar-refractivity contribution >= 4 is 0 Å². The van der Waals surface area contributed by atoms with E-state index in [2.05, 4.69) is 29.6 Å². The summed E-state index contributed by atoms with van der Waals surface area (Å²) in [5.41, 5.74) is 2.62. The third-order valence-electron chi connectivity index (χ3n) is 3.16. The average molecular weight is 219 g/mol. The summed E-state index contributed by atoms with van der Waals surface area (Å²) < 4.78 is 5.90. The molecule has 2 rings (SSSR count). The van der Waals surface area contributed by atoms with E-state index < -0.39 is 0 Å². The van der Waals surface area contributed by atoms with Crippen LogP contribution in [-0.2, 0) is 17.9 Å². The number of hydrogen-bond donors (Lipinski definition) is 1. The highest BCUT2D eigenvalue weighted by Gasteiger charge is 2.14. The molecule has 0 amide bonds. The van der Waals surface area contributed by atoms with Crippen LogP contribution in [0.3, 0.4) is 0 Å². The Balaban J connectivity index is 1.85. The smallest absolute Gasteiger partial charge is 0.0720 e. The summed E-state index contributed by atoms with van der Waals surface area (Å²) in [6.07, 6.45) is 5.68. The highest BCUT2D eigenvalue weighted by molar-refractivity contribution is 5.22. The first-order chi connectivity index (χ1) is 7.88. The number of rotatable bonds is 5. The van der Waals surface area contributed by atoms with Gasteiger partial charge in [0, 0.05) is 6.54 Å². The van der Waals surface area contributed by atoms with Crippen LogP contribution in [0.2, 0.25) is 0 Å². The van der Waals surface area contributed by atoms with Crippen LogP contribution in [0.5, 0.6) is 0 Å². The number of hydrogen-bond acceptors (Lipinski definition) is 2. The standard InChI is InChI=1S/C14H21NO/c1-15-10-12-5-4-6-13(9-12)11-16-14-7-2-3-8-14/h4-6,9,14-15H,2-3,7-8,10-11H2,1H3. The van der Waals surface area contributed by atoms with Crippen LogP contribution >= 0.6 is 0 Å². The zero-order valence-electron chi connectivity index (χ0n) is 10.0. The van der Waals surface area contributed by atoms with Crippen LogP contribution in [0.4, 0.5) is 0 Å². The highest BCUT2D eigenvalue weighted by atomic mass is 16.5. The van der Waals surface area contributed by atoms with Crippen molar-refractivity contribution in [2.24, 2.45) is 0 Å². The van der Waals surface area contributed by atoms with Gasteiger partial charge in [0.05, 0.1) is 12.7 Å². The van der Waals surface area contributed by atoms with Gasteiger partial charge in [-0.25, -0.2) is 0 Å². The molecule has 1 saturated carbocycles. The molecule has 16 heavy (non-hydrogen) atoms. The lowest BCUT2D eigenvalue weighted by molar-refractivity contribution is 0.0456. The molecule has 88 valence electrons. The van der Waals surface area contributed by atoms with Gasteiger partial charge >= 0.3 is 0 Å². The lowest BCUT2D eigenvalue weighted by Gasteiger charge is -2.11. The summed E-state index contributed by atoms with van der Waals surface area (Å²) in [4.78, 5) is 0. The second kappa shape index (κ2) is 6.02. The van der Waals surface area contributed by atoms with Crippen molar-refractivity contribution < 1.29 is 4.74 Å². The van der Waals surface area contributed by atoms with E-state index in [1.165, 1.54) is 36.8 Å². The molecule has 1 aromatic rings. The van der Waals surface area contributed by atoms with Crippen LogP contribution in [0.15, 0.2) is 24.3 Å². The monoisotopic (exact) mass is 219 g/mol. The summed E-state index contributed by atoms with van der Waals surface area (Å²) in [5, 5.41) is 3.17. The summed E-state index contributed by atoms with van der Waals surface area (Å²) in [7, 11) is 1.97. The molecule has 0 spiro atoms. The van der Waals surface area contributed by atoms with E-state index in [0.717, 1.165) is 13.2 Å². The van der Waals surface area contributed by atoms with Crippen LogP contribution in [-0.4, -0.2) is 13.2 Å². The van der Waals surface area contributed by atoms with Crippen molar-refractivity contribution in [3.63, 3.8) is 0 Å². The van der Waals surface area contributed by atoms with E-state index >= 15 is 0 Å². The van der Waals surface area contributed by atoms with Gasteiger partial charge in [-0.3, -0.25) is 0 Å². The third kappa shape index (κ3) is 3.32. The predicted octanol–water partition coefficient (Wildman–Crippen LogP) is 2.87. The normalized spacial score (nSPS) is 16.8. The number of nitrogens with one attached hydrogen (secondary N) is 1. The summed E-state index contributed by atoms with van der Waals surface area (Å²) in [5.74, 6) is 0. The van der Waals surface area contributed by atoms with E-state index in [1.807, 2.05) is 7.05 Å². The molecule has 0 aliphatic heterocycles. The Morgan fingerprint density at radius 1 is 1.25 bits per heavy atom. The Bertz CT molecular complexity index is 318. The highest BCUT2D eigenvalue weighted by Crippen LogP contribution is 2.22. The van der Waals surface area contributed by atoms with E-state index in [1.54, 1.807) is 0 Å². The number of ether oxygens (including phenoxy) is 1. The first-order valence-electron chi connectivity index (χ1n) is 6.22. The van der Waals surface area contributed by atoms with E-state index in [4.69, 9.17) is 4.74 Å². The summed E-state index contributed by atoms with van der Waals surface area (Å²) in [6.45, 7) is 1.69. The Hall–Kier alpha value is -0.860. The quantitative estimate of drug-likeness (QED) is 0.822. The number of benzene rings is 1. The van der Waals surface area contributed by atoms with Gasteiger partial charge in [-0.15, -0.1) is 0 Å². The maximum atomic E-state index is 5.90. The molecule has 1 fully saturated rings. The fourth-order valence-electron chi connectivity index (χ4n) is 2.30. The average Bonchev–Trinajstić information content (AvgIpc) is 2.80. The molecular weight excluding hydrogens is 198 g/mol. The SMILES string of the molecule is CNCc1cccc(COC2CCCC2)c1. The molecule has 1 N–H and O–H groups in total. The van der Waals surface area contributed by atoms with Gasteiger partial charge in [0.25, 0.3) is 0 Å². The molecule has 2 heteroatoms. The fourth-order valence-corrected chi connectivity index (χ4v) is 2.30. The second-order valence-electron chi connectivity index (χ2n) is 4.57. The molecule has 2 nitrogen and oxygen atoms in total. The van der Waals surface area contributed by atoms with Gasteiger partial charge in [-0.2, -0.15) is 0 Å². The van der Waals surface area contributed by atoms with Crippen LogP contribution in [0.1, 0.15) is 36.8 Å². The molecule has 0 atom stereocenters. The van der Waals surface area contributed by atoms with Crippen molar-refractivity contribution in [3.8, 4) is 0 Å². The lowest BCUT2D eigenvalue weighted by atomic mass is 10.1. The molecule has 0 radical (unpaired) electrons. The molecule has 0 heterocycles. The fraction of sp³-hybridized carbons (Fsp3) is 0.571. The van der Waals surface area contributed by atoms with Crippen LogP contribution in [0.25, 0.3) is 0 Å². The minimum Gasteiger partial charge on any atom is -0.374 e. The predicted molar refractivity (Wildman–Crippen MR) is 66.3 cm³/mol. The lowest BCUT2D eigenvalue weighted by Crippen LogP contribution is -2.08. The van der Waals surface area contributed by atoms with Gasteiger partial charge < -0.3 is 10.1 Å². The maximum absolute atomic E-state index is 5.90. The van der Waals surface area contributed by atoms with Gasteiger partial charge in [0.15, 0.2) is 0 Å². The second-order valence-corrected chi connectivity index (χ2v) is 4.57. The summed E-state index contributed by atoms with van der Waals surface area (Å²) in [6, 6.07) is 8.63. The van der Waals surface area contributed by atoms with E-state index in [9.17, 15) is 0 Å². The molecule has 0 unspecified atom stereocenters. The van der Waals surface area contributed by atoms with Gasteiger partial charge in [-0.05, 0) is 31.0 Å². The molecule has 1 aromatic carbocycles. The zero-order valence-corrected chi connectivity index (χ0v) is 10.0. The van der Waals surface area contributed by atoms with Gasteiger partial charge in [-0.1, -0.05) is 37.1 Å². The van der Waals surface area contributed by atoms with Crippen molar-refractivity contribution in [2.45, 2.75) is 44.9 Å². The molecule has 0 aromatic heterocycles. The zero-order chi connectivity index (χ0) is 11.2. The van der Waals surface area contributed by atoms with E-state index in [-0.39, 0.29) is 0 Å². The van der Waals surface area contributed by atoms with Gasteiger partial charge in [0.2, 0.25) is 0 Å². The van der Waals surface area contributed by atoms with Crippen molar-refractivity contribution in [3.05, 3.63) is 35.4 Å². The van der Waals surface area contributed by atoms with Crippen LogP contribution < -0.4 is 5.32 Å². The molecular formula is C14H21NO. The molecule has 1 aliphatic carbocycles. The largest absolute Gasteiger partial charge is 0.374 e. The first-order valence-corrected chi connectivity index (χ1v) is 6.22. The summed E-state index contributed by atoms with van der Waals surface area (Å²) >= 11 is 0. The van der Waals surface area contributed by atoms with Gasteiger partial charge in [0.1, 0.15) is 0 Å². The molecule has 0 saturated heterocycles. The molecule has 0 bridgehead atoms. The Labute approximate surface area is 98.0 Å². The topological polar surface area (TPSA) is 21.3 Å². The Morgan fingerprint density at radius 2 is 2.00 bits per heavy atom. The minimum absolute atomic E-state index is 0.507. The Kier molecular flexibility index (Phi) is 4.37. The van der Waals surface area contributed by atoms with Crippen molar-refractivity contribution in [2.75, 3.05) is 7.05 Å². The van der Waals surface area contributed by atoms with Crippen molar-refractivity contribution in [1.82, 2.24) is 5.32 Å². The van der Waals surface area contributed by atoms with Crippen LogP contribution in [0, 0.1) is 0 Å².